The van der Waals surface area contributed by atoms with E-state index in [1.54, 1.807) is 0 Å². The Labute approximate surface area is 196 Å². The van der Waals surface area contributed by atoms with Gasteiger partial charge < -0.3 is 10.2 Å². The Morgan fingerprint density at radius 2 is 1.97 bits per heavy atom. The molecule has 0 spiro atoms. The van der Waals surface area contributed by atoms with Crippen LogP contribution in [0.5, 0.6) is 0 Å². The van der Waals surface area contributed by atoms with Crippen LogP contribution in [0, 0.1) is 6.92 Å². The van der Waals surface area contributed by atoms with Crippen LogP contribution in [-0.4, -0.2) is 56.3 Å². The number of carbonyl (C=O) groups excluding carboxylic acids is 2. The molecule has 1 aromatic heterocycles. The van der Waals surface area contributed by atoms with E-state index in [1.807, 2.05) is 31.2 Å². The topological polar surface area (TPSA) is 93.0 Å². The van der Waals surface area contributed by atoms with E-state index < -0.39 is 22.7 Å². The van der Waals surface area contributed by atoms with Crippen molar-refractivity contribution in [1.82, 2.24) is 25.1 Å². The fourth-order valence-corrected chi connectivity index (χ4v) is 3.81. The molecule has 8 nitrogen and oxygen atoms in total. The summed E-state index contributed by atoms with van der Waals surface area (Å²) in [5, 5.41) is 13.8. The smallest absolute Gasteiger partial charge is 0.336 e. The molecule has 0 radical (unpaired) electrons. The van der Waals surface area contributed by atoms with Gasteiger partial charge in [0.2, 0.25) is 17.0 Å². The molecule has 0 aliphatic carbocycles. The molecule has 0 aliphatic rings. The van der Waals surface area contributed by atoms with E-state index in [4.69, 9.17) is 11.6 Å². The molecule has 0 bridgehead atoms. The second-order valence-corrected chi connectivity index (χ2v) is 8.34. The Morgan fingerprint density at radius 3 is 2.67 bits per heavy atom. The molecule has 13 heteroatoms. The first-order chi connectivity index (χ1) is 15.5. The standard InChI is InChI=1S/C20H18ClF3N6O2S/c1-12-4-3-5-14(8-12)30-19(26-27-28-30)33-11-18(32)29(2)10-17(31)25-13-6-7-16(21)15(9-13)20(22,23)24/h3-9H,10-11H2,1-2H3,(H,25,31). The van der Waals surface area contributed by atoms with E-state index in [-0.39, 0.29) is 23.9 Å². The Morgan fingerprint density at radius 1 is 1.21 bits per heavy atom. The summed E-state index contributed by atoms with van der Waals surface area (Å²) < 4.78 is 40.4. The molecule has 1 heterocycles. The van der Waals surface area contributed by atoms with Gasteiger partial charge in [-0.25, -0.2) is 0 Å². The molecule has 3 aromatic rings. The van der Waals surface area contributed by atoms with Crippen molar-refractivity contribution >= 4 is 40.9 Å². The van der Waals surface area contributed by atoms with E-state index >= 15 is 0 Å². The van der Waals surface area contributed by atoms with Gasteiger partial charge in [0.05, 0.1) is 28.6 Å². The number of alkyl halides is 3. The van der Waals surface area contributed by atoms with Crippen LogP contribution in [0.3, 0.4) is 0 Å². The number of tetrazole rings is 1. The van der Waals surface area contributed by atoms with Crippen molar-refractivity contribution < 1.29 is 22.8 Å². The summed E-state index contributed by atoms with van der Waals surface area (Å²) in [4.78, 5) is 25.8. The number of rotatable bonds is 7. The number of likely N-dealkylation sites (N-methyl/N-ethyl adjacent to an activating group) is 1. The first-order valence-corrected chi connectivity index (χ1v) is 10.8. The van der Waals surface area contributed by atoms with Crippen LogP contribution < -0.4 is 5.32 Å². The Bertz CT molecular complexity index is 1170. The van der Waals surface area contributed by atoms with Gasteiger partial charge in [-0.15, -0.1) is 5.10 Å². The third kappa shape index (κ3) is 6.45. The average Bonchev–Trinajstić information content (AvgIpc) is 3.21. The van der Waals surface area contributed by atoms with E-state index in [0.717, 1.165) is 40.0 Å². The van der Waals surface area contributed by atoms with Crippen LogP contribution in [0.2, 0.25) is 5.02 Å². The lowest BCUT2D eigenvalue weighted by Gasteiger charge is -2.17. The third-order valence-corrected chi connectivity index (χ3v) is 5.61. The maximum atomic E-state index is 13.0. The molecule has 33 heavy (non-hydrogen) atoms. The first-order valence-electron chi connectivity index (χ1n) is 9.43. The fourth-order valence-electron chi connectivity index (χ4n) is 2.75. The van der Waals surface area contributed by atoms with Crippen LogP contribution in [-0.2, 0) is 15.8 Å². The molecular formula is C20H18ClF3N6O2S. The predicted molar refractivity (Wildman–Crippen MR) is 117 cm³/mol. The van der Waals surface area contributed by atoms with Gasteiger partial charge in [0.15, 0.2) is 0 Å². The molecule has 0 atom stereocenters. The van der Waals surface area contributed by atoms with Crippen molar-refractivity contribution in [3.05, 3.63) is 58.6 Å². The summed E-state index contributed by atoms with van der Waals surface area (Å²) in [6, 6.07) is 10.5. The van der Waals surface area contributed by atoms with E-state index in [2.05, 4.69) is 20.8 Å². The molecule has 2 aromatic carbocycles. The zero-order valence-electron chi connectivity index (χ0n) is 17.4. The van der Waals surface area contributed by atoms with Crippen LogP contribution >= 0.6 is 23.4 Å². The highest BCUT2D eigenvalue weighted by atomic mass is 35.5. The number of nitrogens with one attached hydrogen (secondary N) is 1. The molecule has 0 fully saturated rings. The monoisotopic (exact) mass is 498 g/mol. The summed E-state index contributed by atoms with van der Waals surface area (Å²) in [6.45, 7) is 1.57. The minimum absolute atomic E-state index is 0.0465. The van der Waals surface area contributed by atoms with Gasteiger partial charge in [0, 0.05) is 12.7 Å². The molecule has 0 saturated heterocycles. The van der Waals surface area contributed by atoms with Gasteiger partial charge in [0.25, 0.3) is 0 Å². The number of amides is 2. The zero-order valence-corrected chi connectivity index (χ0v) is 19.0. The van der Waals surface area contributed by atoms with Crippen LogP contribution in [0.4, 0.5) is 18.9 Å². The number of aromatic nitrogens is 4. The van der Waals surface area contributed by atoms with Crippen molar-refractivity contribution in [3.8, 4) is 5.69 Å². The summed E-state index contributed by atoms with van der Waals surface area (Å²) in [5.41, 5.74) is 0.617. The molecule has 1 N–H and O–H groups in total. The average molecular weight is 499 g/mol. The van der Waals surface area contributed by atoms with Crippen molar-refractivity contribution in [2.24, 2.45) is 0 Å². The van der Waals surface area contributed by atoms with Crippen LogP contribution in [0.25, 0.3) is 5.69 Å². The summed E-state index contributed by atoms with van der Waals surface area (Å²) >= 11 is 6.67. The molecular weight excluding hydrogens is 481 g/mol. The molecule has 0 unspecified atom stereocenters. The predicted octanol–water partition coefficient (Wildman–Crippen LogP) is 3.83. The highest BCUT2D eigenvalue weighted by molar-refractivity contribution is 7.99. The molecule has 0 aliphatic heterocycles. The lowest BCUT2D eigenvalue weighted by molar-refractivity contribution is -0.137. The highest BCUT2D eigenvalue weighted by Gasteiger charge is 2.33. The minimum Gasteiger partial charge on any atom is -0.336 e. The van der Waals surface area contributed by atoms with Crippen molar-refractivity contribution in [1.29, 1.82) is 0 Å². The maximum absolute atomic E-state index is 13.0. The number of aryl methyl sites for hydroxylation is 1. The number of hydrogen-bond donors (Lipinski definition) is 1. The third-order valence-electron chi connectivity index (χ3n) is 4.37. The number of anilines is 1. The van der Waals surface area contributed by atoms with Gasteiger partial charge in [-0.1, -0.05) is 35.5 Å². The maximum Gasteiger partial charge on any atom is 0.417 e. The van der Waals surface area contributed by atoms with Gasteiger partial charge in [0.1, 0.15) is 0 Å². The van der Waals surface area contributed by atoms with Crippen LogP contribution in [0.15, 0.2) is 47.6 Å². The summed E-state index contributed by atoms with van der Waals surface area (Å²) in [7, 11) is 1.41. The molecule has 2 amide bonds. The van der Waals surface area contributed by atoms with Crippen molar-refractivity contribution in [3.63, 3.8) is 0 Å². The minimum atomic E-state index is -4.66. The zero-order chi connectivity index (χ0) is 24.2. The largest absolute Gasteiger partial charge is 0.417 e. The summed E-state index contributed by atoms with van der Waals surface area (Å²) in [6.07, 6.45) is -4.66. The van der Waals surface area contributed by atoms with E-state index in [0.29, 0.717) is 5.16 Å². The molecule has 3 rings (SSSR count). The van der Waals surface area contributed by atoms with Crippen LogP contribution in [0.1, 0.15) is 11.1 Å². The number of hydrogen-bond acceptors (Lipinski definition) is 6. The van der Waals surface area contributed by atoms with Gasteiger partial charge in [-0.3, -0.25) is 9.59 Å². The van der Waals surface area contributed by atoms with Crippen molar-refractivity contribution in [2.75, 3.05) is 24.7 Å². The number of halogens is 4. The van der Waals surface area contributed by atoms with Gasteiger partial charge >= 0.3 is 6.18 Å². The van der Waals surface area contributed by atoms with Gasteiger partial charge in [-0.05, 0) is 53.2 Å². The second kappa shape index (κ2) is 10.2. The normalized spacial score (nSPS) is 11.3. The molecule has 174 valence electrons. The SMILES string of the molecule is Cc1cccc(-n2nnnc2SCC(=O)N(C)CC(=O)Nc2ccc(Cl)c(C(F)(F)F)c2)c1. The summed E-state index contributed by atoms with van der Waals surface area (Å²) in [5.74, 6) is -1.09. The number of carbonyl (C=O) groups is 2. The Balaban J connectivity index is 1.57. The molecule has 0 saturated carbocycles. The number of nitrogens with zero attached hydrogens (tertiary/aromatic N) is 5. The quantitative estimate of drug-likeness (QED) is 0.498. The Hall–Kier alpha value is -3.12. The second-order valence-electron chi connectivity index (χ2n) is 6.99. The number of benzene rings is 2. The van der Waals surface area contributed by atoms with E-state index in [1.165, 1.54) is 17.8 Å². The van der Waals surface area contributed by atoms with E-state index in [9.17, 15) is 22.8 Å². The highest BCUT2D eigenvalue weighted by Crippen LogP contribution is 2.36. The van der Waals surface area contributed by atoms with Crippen molar-refractivity contribution in [2.45, 2.75) is 18.3 Å². The number of thioether (sulfide) groups is 1. The fraction of sp³-hybridized carbons (Fsp3) is 0.250. The lowest BCUT2D eigenvalue weighted by Crippen LogP contribution is -2.36. The lowest BCUT2D eigenvalue weighted by atomic mass is 10.2. The van der Waals surface area contributed by atoms with Gasteiger partial charge in [-0.2, -0.15) is 17.9 Å². The first kappa shape index (κ1) is 24.5. The Kier molecular flexibility index (Phi) is 7.59.